The molecule has 320 valence electrons. The minimum Gasteiger partial charge on any atom is -0.392 e. The fourth-order valence-corrected chi connectivity index (χ4v) is 10.7. The van der Waals surface area contributed by atoms with E-state index in [4.69, 9.17) is 0 Å². The summed E-state index contributed by atoms with van der Waals surface area (Å²) >= 11 is 0. The zero-order valence-electron chi connectivity index (χ0n) is 37.5. The minimum absolute atomic E-state index is 0.410. The Kier molecular flexibility index (Phi) is 15.8. The Hall–Kier alpha value is -4.12. The van der Waals surface area contributed by atoms with Gasteiger partial charge >= 0.3 is 0 Å². The van der Waals surface area contributed by atoms with Crippen molar-refractivity contribution in [2.24, 2.45) is 0 Å². The highest BCUT2D eigenvalue weighted by Gasteiger charge is 2.52. The number of aliphatic hydroxyl groups is 2. The predicted octanol–water partition coefficient (Wildman–Crippen LogP) is 14.8. The van der Waals surface area contributed by atoms with Crippen LogP contribution in [0.5, 0.6) is 0 Å². The highest BCUT2D eigenvalue weighted by molar-refractivity contribution is 6.16. The van der Waals surface area contributed by atoms with Crippen LogP contribution in [0, 0.1) is 0 Å². The van der Waals surface area contributed by atoms with Crippen molar-refractivity contribution in [1.29, 1.82) is 0 Å². The van der Waals surface area contributed by atoms with Crippen LogP contribution in [0.15, 0.2) is 97.1 Å². The summed E-state index contributed by atoms with van der Waals surface area (Å²) in [5, 5.41) is 35.0. The van der Waals surface area contributed by atoms with Gasteiger partial charge in [-0.3, -0.25) is 0 Å². The molecule has 4 heteroatoms. The van der Waals surface area contributed by atoms with Crippen LogP contribution in [0.2, 0.25) is 0 Å². The lowest BCUT2D eigenvalue weighted by Gasteiger charge is -2.49. The van der Waals surface area contributed by atoms with Crippen molar-refractivity contribution in [1.82, 2.24) is 0 Å². The first-order valence-corrected chi connectivity index (χ1v) is 24.3. The summed E-state index contributed by atoms with van der Waals surface area (Å²) in [6, 6.07) is 35.4. The Balaban J connectivity index is 1.32. The lowest BCUT2D eigenvalue weighted by atomic mass is 9.60. The van der Waals surface area contributed by atoms with E-state index in [9.17, 15) is 10.2 Å². The smallest absolute Gasteiger partial charge is 0.0728 e. The first-order chi connectivity index (χ1) is 29.5. The van der Waals surface area contributed by atoms with Gasteiger partial charge in [0.05, 0.1) is 23.6 Å². The van der Waals surface area contributed by atoms with Crippen molar-refractivity contribution >= 4 is 54.5 Å². The molecule has 1 saturated carbocycles. The number of aliphatic hydroxyl groups excluding tert-OH is 2. The largest absolute Gasteiger partial charge is 0.392 e. The zero-order chi connectivity index (χ0) is 41.8. The molecule has 0 saturated heterocycles. The SMILES string of the molecule is CCCCCCN(CCCCCC)c1c2ccccc2c(C2C(O)C(c3c4ccccc4c(N(CCCCCC)CCCCCC)c4ccccc34)C2O)c2ccccc12. The quantitative estimate of drug-likeness (QED) is 0.0472. The highest BCUT2D eigenvalue weighted by Crippen LogP contribution is 2.56. The van der Waals surface area contributed by atoms with Crippen LogP contribution < -0.4 is 9.80 Å². The van der Waals surface area contributed by atoms with Crippen molar-refractivity contribution in [2.75, 3.05) is 36.0 Å². The normalized spacial score (nSPS) is 17.8. The summed E-state index contributed by atoms with van der Waals surface area (Å²) in [7, 11) is 0. The van der Waals surface area contributed by atoms with Crippen molar-refractivity contribution in [3.05, 3.63) is 108 Å². The minimum atomic E-state index is -0.742. The standard InChI is InChI=1S/C56H74N2O2/c1-5-9-13-25-37-57(38-26-14-10-6-2)53-45-33-21-17-29-41(45)49(42-30-18-22-34-46(42)53)51-55(59)52(56(51)60)50-43-31-19-23-35-47(43)54(48-36-24-20-32-44(48)50)58(39-27-15-11-7-3)40-28-16-12-8-4/h17-24,29-36,51-52,55-56,59-60H,5-16,25-28,37-40H2,1-4H3. The number of anilines is 2. The number of hydrogen-bond acceptors (Lipinski definition) is 4. The second kappa shape index (κ2) is 21.6. The number of rotatable bonds is 24. The van der Waals surface area contributed by atoms with Crippen molar-refractivity contribution in [2.45, 2.75) is 154 Å². The third kappa shape index (κ3) is 9.21. The van der Waals surface area contributed by atoms with Gasteiger partial charge in [0.1, 0.15) is 0 Å². The maximum Gasteiger partial charge on any atom is 0.0728 e. The Morgan fingerprint density at radius 2 is 0.567 bits per heavy atom. The van der Waals surface area contributed by atoms with Gasteiger partial charge < -0.3 is 20.0 Å². The van der Waals surface area contributed by atoms with E-state index in [0.717, 1.165) is 58.9 Å². The van der Waals surface area contributed by atoms with Crippen molar-refractivity contribution in [3.8, 4) is 0 Å². The van der Waals surface area contributed by atoms with Gasteiger partial charge in [-0.15, -0.1) is 0 Å². The predicted molar refractivity (Wildman–Crippen MR) is 261 cm³/mol. The van der Waals surface area contributed by atoms with Crippen LogP contribution in [-0.4, -0.2) is 48.6 Å². The number of nitrogens with zero attached hydrogens (tertiary/aromatic N) is 2. The molecular formula is C56H74N2O2. The lowest BCUT2D eigenvalue weighted by molar-refractivity contribution is -0.0765. The van der Waals surface area contributed by atoms with Gasteiger partial charge in [-0.1, -0.05) is 202 Å². The second-order valence-corrected chi connectivity index (χ2v) is 18.0. The number of hydrogen-bond donors (Lipinski definition) is 2. The molecule has 1 fully saturated rings. The maximum atomic E-state index is 12.7. The van der Waals surface area contributed by atoms with Crippen LogP contribution in [-0.2, 0) is 0 Å². The van der Waals surface area contributed by atoms with E-state index in [2.05, 4.69) is 135 Å². The molecule has 0 unspecified atom stereocenters. The van der Waals surface area contributed by atoms with Gasteiger partial charge in [-0.05, 0) is 58.4 Å². The van der Waals surface area contributed by atoms with Crippen LogP contribution in [0.4, 0.5) is 11.4 Å². The molecule has 0 aliphatic heterocycles. The molecule has 0 bridgehead atoms. The molecular weight excluding hydrogens is 733 g/mol. The van der Waals surface area contributed by atoms with E-state index in [1.807, 2.05) is 0 Å². The van der Waals surface area contributed by atoms with E-state index in [1.54, 1.807) is 0 Å². The third-order valence-corrected chi connectivity index (χ3v) is 13.8. The van der Waals surface area contributed by atoms with Gasteiger partial charge in [0.25, 0.3) is 0 Å². The van der Waals surface area contributed by atoms with E-state index >= 15 is 0 Å². The summed E-state index contributed by atoms with van der Waals surface area (Å²) in [6.45, 7) is 13.3. The summed E-state index contributed by atoms with van der Waals surface area (Å²) in [4.78, 5) is 5.35. The number of fused-ring (bicyclic) bond motifs is 4. The third-order valence-electron chi connectivity index (χ3n) is 13.8. The summed E-state index contributed by atoms with van der Waals surface area (Å²) in [5.74, 6) is -0.820. The molecule has 1 aliphatic carbocycles. The Morgan fingerprint density at radius 3 is 0.800 bits per heavy atom. The number of benzene rings is 6. The van der Waals surface area contributed by atoms with Crippen LogP contribution in [0.25, 0.3) is 43.1 Å². The van der Waals surface area contributed by atoms with Crippen LogP contribution in [0.1, 0.15) is 153 Å². The summed E-state index contributed by atoms with van der Waals surface area (Å²) in [6.07, 6.45) is 18.3. The molecule has 4 nitrogen and oxygen atoms in total. The number of unbranched alkanes of at least 4 members (excludes halogenated alkanes) is 12. The monoisotopic (exact) mass is 807 g/mol. The van der Waals surface area contributed by atoms with Gasteiger partial charge in [-0.25, -0.2) is 0 Å². The van der Waals surface area contributed by atoms with Gasteiger partial charge in [-0.2, -0.15) is 0 Å². The molecule has 0 aromatic heterocycles. The average molecular weight is 807 g/mol. The molecule has 6 aromatic carbocycles. The zero-order valence-corrected chi connectivity index (χ0v) is 37.5. The van der Waals surface area contributed by atoms with E-state index in [1.165, 1.54) is 136 Å². The van der Waals surface area contributed by atoms with Crippen molar-refractivity contribution < 1.29 is 10.2 Å². The molecule has 0 amide bonds. The van der Waals surface area contributed by atoms with Crippen LogP contribution >= 0.6 is 0 Å². The molecule has 0 atom stereocenters. The first kappa shape index (κ1) is 44.0. The fourth-order valence-electron chi connectivity index (χ4n) is 10.7. The van der Waals surface area contributed by atoms with Gasteiger partial charge in [0.15, 0.2) is 0 Å². The Bertz CT molecular complexity index is 1970. The Labute approximate surface area is 362 Å². The molecule has 6 aromatic rings. The van der Waals surface area contributed by atoms with Gasteiger partial charge in [0.2, 0.25) is 0 Å². The summed E-state index contributed by atoms with van der Waals surface area (Å²) < 4.78 is 0. The van der Waals surface area contributed by atoms with Crippen LogP contribution in [0.3, 0.4) is 0 Å². The highest BCUT2D eigenvalue weighted by atomic mass is 16.3. The van der Waals surface area contributed by atoms with Crippen molar-refractivity contribution in [3.63, 3.8) is 0 Å². The molecule has 7 rings (SSSR count). The maximum absolute atomic E-state index is 12.7. The molecule has 2 N–H and O–H groups in total. The van der Waals surface area contributed by atoms with E-state index in [0.29, 0.717) is 0 Å². The molecule has 0 spiro atoms. The average Bonchev–Trinajstić information content (AvgIpc) is 3.28. The van der Waals surface area contributed by atoms with Gasteiger partial charge in [0, 0.05) is 59.6 Å². The Morgan fingerprint density at radius 1 is 0.333 bits per heavy atom. The first-order valence-electron chi connectivity index (χ1n) is 24.3. The fraction of sp³-hybridized carbons (Fsp3) is 0.500. The topological polar surface area (TPSA) is 46.9 Å². The van der Waals surface area contributed by atoms with E-state index in [-0.39, 0.29) is 0 Å². The summed E-state index contributed by atoms with van der Waals surface area (Å²) in [5.41, 5.74) is 4.82. The molecule has 0 radical (unpaired) electrons. The van der Waals surface area contributed by atoms with E-state index < -0.39 is 24.0 Å². The lowest BCUT2D eigenvalue weighted by Crippen LogP contribution is -2.52. The second-order valence-electron chi connectivity index (χ2n) is 18.0. The molecule has 1 aliphatic rings. The molecule has 60 heavy (non-hydrogen) atoms. The molecule has 0 heterocycles.